The molecule has 0 radical (unpaired) electrons. The zero-order valence-electron chi connectivity index (χ0n) is 12.1. The second kappa shape index (κ2) is 6.75. The van der Waals surface area contributed by atoms with Gasteiger partial charge in [-0.15, -0.1) is 0 Å². The van der Waals surface area contributed by atoms with Crippen molar-refractivity contribution in [2.45, 2.75) is 26.1 Å². The molecule has 1 fully saturated rings. The lowest BCUT2D eigenvalue weighted by Crippen LogP contribution is -2.53. The molecule has 0 saturated carbocycles. The topological polar surface area (TPSA) is 48.3 Å². The third-order valence-corrected chi connectivity index (χ3v) is 3.29. The van der Waals surface area contributed by atoms with Gasteiger partial charge < -0.3 is 19.6 Å². The van der Waals surface area contributed by atoms with Crippen molar-refractivity contribution in [1.29, 1.82) is 0 Å². The number of nitrogens with zero attached hydrogens (tertiary/aromatic N) is 3. The normalized spacial score (nSPS) is 19.8. The van der Waals surface area contributed by atoms with Crippen LogP contribution in [0.5, 0.6) is 0 Å². The van der Waals surface area contributed by atoms with Crippen molar-refractivity contribution in [1.82, 2.24) is 9.80 Å². The van der Waals surface area contributed by atoms with Gasteiger partial charge in [0.05, 0.1) is 12.2 Å². The van der Waals surface area contributed by atoms with Crippen LogP contribution in [0.4, 0.5) is 0 Å². The summed E-state index contributed by atoms with van der Waals surface area (Å²) in [5.74, 6) is 0.926. The van der Waals surface area contributed by atoms with E-state index < -0.39 is 0 Å². The Labute approximate surface area is 110 Å². The molecule has 0 aromatic rings. The summed E-state index contributed by atoms with van der Waals surface area (Å²) in [6, 6.07) is 0. The molecule has 1 unspecified atom stereocenters. The highest BCUT2D eigenvalue weighted by Gasteiger charge is 2.26. The predicted molar refractivity (Wildman–Crippen MR) is 73.8 cm³/mol. The van der Waals surface area contributed by atoms with Gasteiger partial charge in [-0.1, -0.05) is 0 Å². The summed E-state index contributed by atoms with van der Waals surface area (Å²) in [4.78, 5) is 8.48. The number of methoxy groups -OCH3 is 1. The summed E-state index contributed by atoms with van der Waals surface area (Å²) in [6.07, 6.45) is 2.04. The highest BCUT2D eigenvalue weighted by Crippen LogP contribution is 2.11. The maximum atomic E-state index is 9.31. The molecule has 18 heavy (non-hydrogen) atoms. The highest BCUT2D eigenvalue weighted by atomic mass is 16.5. The lowest BCUT2D eigenvalue weighted by molar-refractivity contribution is 0.0471. The Morgan fingerprint density at radius 2 is 2.22 bits per heavy atom. The van der Waals surface area contributed by atoms with Crippen molar-refractivity contribution in [3.8, 4) is 0 Å². The minimum absolute atomic E-state index is 0.200. The zero-order chi connectivity index (χ0) is 13.7. The van der Waals surface area contributed by atoms with Crippen molar-refractivity contribution >= 4 is 5.84 Å². The fraction of sp³-hybridized carbons (Fsp3) is 0.769. The summed E-state index contributed by atoms with van der Waals surface area (Å²) in [7, 11) is 5.54. The number of rotatable bonds is 5. The number of aliphatic hydroxyl groups is 1. The molecule has 0 aromatic heterocycles. The molecule has 0 amide bonds. The van der Waals surface area contributed by atoms with Gasteiger partial charge in [0, 0.05) is 46.5 Å². The van der Waals surface area contributed by atoms with Gasteiger partial charge in [0.1, 0.15) is 5.84 Å². The van der Waals surface area contributed by atoms with E-state index in [9.17, 15) is 5.11 Å². The van der Waals surface area contributed by atoms with Crippen molar-refractivity contribution in [2.24, 2.45) is 4.99 Å². The van der Waals surface area contributed by atoms with Crippen LogP contribution >= 0.6 is 0 Å². The molecule has 1 rings (SSSR count). The lowest BCUT2D eigenvalue weighted by Gasteiger charge is -2.38. The van der Waals surface area contributed by atoms with Crippen LogP contribution in [0.25, 0.3) is 0 Å². The maximum Gasteiger partial charge on any atom is 0.125 e. The molecule has 5 nitrogen and oxygen atoms in total. The largest absolute Gasteiger partial charge is 0.389 e. The molecule has 1 N–H and O–H groups in total. The lowest BCUT2D eigenvalue weighted by atomic mass is 10.1. The number of hydrogen-bond acceptors (Lipinski definition) is 4. The van der Waals surface area contributed by atoms with Crippen LogP contribution < -0.4 is 0 Å². The van der Waals surface area contributed by atoms with Gasteiger partial charge >= 0.3 is 0 Å². The molecule has 1 heterocycles. The summed E-state index contributed by atoms with van der Waals surface area (Å²) in [5.41, 5.74) is 1.14. The Kier molecular flexibility index (Phi) is 5.62. The van der Waals surface area contributed by atoms with Gasteiger partial charge in [-0.2, -0.15) is 0 Å². The molecule has 0 aliphatic carbocycles. The monoisotopic (exact) mass is 255 g/mol. The maximum absolute atomic E-state index is 9.31. The number of aliphatic imine (C=N–C) groups is 1. The van der Waals surface area contributed by atoms with Gasteiger partial charge in [-0.05, 0) is 19.9 Å². The molecule has 0 bridgehead atoms. The van der Waals surface area contributed by atoms with Gasteiger partial charge in [-0.25, -0.2) is 0 Å². The number of β-amino-alcohol motifs (C(OH)–C–C–N with tert-alkyl or cyclic N) is 1. The Balaban J connectivity index is 2.57. The fourth-order valence-electron chi connectivity index (χ4n) is 1.84. The van der Waals surface area contributed by atoms with Gasteiger partial charge in [0.25, 0.3) is 0 Å². The van der Waals surface area contributed by atoms with E-state index >= 15 is 0 Å². The number of hydrogen-bond donors (Lipinski definition) is 1. The van der Waals surface area contributed by atoms with Gasteiger partial charge in [0.15, 0.2) is 0 Å². The van der Waals surface area contributed by atoms with Gasteiger partial charge in [0.2, 0.25) is 0 Å². The molecule has 5 heteroatoms. The second-order valence-corrected chi connectivity index (χ2v) is 4.85. The van der Waals surface area contributed by atoms with Crippen molar-refractivity contribution in [3.05, 3.63) is 11.8 Å². The first kappa shape index (κ1) is 15.0. The zero-order valence-corrected chi connectivity index (χ0v) is 12.1. The molecule has 1 atom stereocenters. The summed E-state index contributed by atoms with van der Waals surface area (Å²) < 4.78 is 5.25. The van der Waals surface area contributed by atoms with Crippen LogP contribution in [0, 0.1) is 0 Å². The first-order valence-electron chi connectivity index (χ1n) is 6.30. The molecular weight excluding hydrogens is 230 g/mol. The van der Waals surface area contributed by atoms with E-state index in [1.54, 1.807) is 14.2 Å². The standard InChI is InChI=1S/C13H25N3O2/c1-10(15(4)7-11(2)18-5)6-13(14-3)16-8-12(17)9-16/h6,11-12,17H,7-9H2,1-5H3. The summed E-state index contributed by atoms with van der Waals surface area (Å²) >= 11 is 0. The van der Waals surface area contributed by atoms with Crippen molar-refractivity contribution < 1.29 is 9.84 Å². The van der Waals surface area contributed by atoms with E-state index in [4.69, 9.17) is 4.74 Å². The van der Waals surface area contributed by atoms with Crippen LogP contribution in [0.3, 0.4) is 0 Å². The molecule has 1 aliphatic heterocycles. The van der Waals surface area contributed by atoms with E-state index in [1.165, 1.54) is 0 Å². The Morgan fingerprint density at radius 3 is 2.67 bits per heavy atom. The third kappa shape index (κ3) is 3.99. The van der Waals surface area contributed by atoms with Crippen molar-refractivity contribution in [3.63, 3.8) is 0 Å². The summed E-state index contributed by atoms with van der Waals surface area (Å²) in [5, 5.41) is 9.31. The van der Waals surface area contributed by atoms with Crippen LogP contribution in [-0.2, 0) is 4.74 Å². The third-order valence-electron chi connectivity index (χ3n) is 3.29. The Bertz CT molecular complexity index is 322. The smallest absolute Gasteiger partial charge is 0.125 e. The number of amidine groups is 1. The minimum atomic E-state index is -0.207. The van der Waals surface area contributed by atoms with E-state index in [2.05, 4.69) is 21.7 Å². The van der Waals surface area contributed by atoms with Crippen molar-refractivity contribution in [2.75, 3.05) is 40.8 Å². The van der Waals surface area contributed by atoms with E-state index in [-0.39, 0.29) is 12.2 Å². The highest BCUT2D eigenvalue weighted by molar-refractivity contribution is 5.94. The van der Waals surface area contributed by atoms with Crippen LogP contribution in [-0.4, -0.2) is 73.8 Å². The van der Waals surface area contributed by atoms with E-state index in [1.807, 2.05) is 20.0 Å². The van der Waals surface area contributed by atoms with Crippen LogP contribution in [0.15, 0.2) is 16.8 Å². The SMILES string of the molecule is CN=C(C=C(C)N(C)CC(C)OC)N1CC(O)C1. The van der Waals surface area contributed by atoms with Gasteiger partial charge in [-0.3, -0.25) is 4.99 Å². The molecule has 104 valence electrons. The summed E-state index contributed by atoms with van der Waals surface area (Å²) in [6.45, 7) is 6.30. The predicted octanol–water partition coefficient (Wildman–Crippen LogP) is 0.562. The van der Waals surface area contributed by atoms with E-state index in [0.717, 1.165) is 18.1 Å². The Morgan fingerprint density at radius 1 is 1.61 bits per heavy atom. The number of allylic oxidation sites excluding steroid dienone is 1. The average molecular weight is 255 g/mol. The molecule has 1 saturated heterocycles. The number of likely N-dealkylation sites (N-methyl/N-ethyl adjacent to an activating group) is 1. The molecule has 1 aliphatic rings. The van der Waals surface area contributed by atoms with Crippen LogP contribution in [0.2, 0.25) is 0 Å². The number of likely N-dealkylation sites (tertiary alicyclic amines) is 1. The minimum Gasteiger partial charge on any atom is -0.389 e. The van der Waals surface area contributed by atoms with Crippen LogP contribution in [0.1, 0.15) is 13.8 Å². The quantitative estimate of drug-likeness (QED) is 0.576. The number of ether oxygens (including phenoxy) is 1. The fourth-order valence-corrected chi connectivity index (χ4v) is 1.84. The first-order chi connectivity index (χ1) is 8.47. The average Bonchev–Trinajstić information content (AvgIpc) is 2.31. The molecule has 0 aromatic carbocycles. The van der Waals surface area contributed by atoms with E-state index in [0.29, 0.717) is 13.1 Å². The molecule has 0 spiro atoms. The second-order valence-electron chi connectivity index (χ2n) is 4.85. The Hall–Kier alpha value is -1.07. The molecular formula is C13H25N3O2. The first-order valence-corrected chi connectivity index (χ1v) is 6.30. The number of aliphatic hydroxyl groups excluding tert-OH is 1.